The third-order valence-electron chi connectivity index (χ3n) is 4.50. The highest BCUT2D eigenvalue weighted by Crippen LogP contribution is 2.20. The predicted octanol–water partition coefficient (Wildman–Crippen LogP) is 0.853. The average Bonchev–Trinajstić information content (AvgIpc) is 2.69. The molecule has 0 bridgehead atoms. The van der Waals surface area contributed by atoms with Crippen molar-refractivity contribution in [3.63, 3.8) is 0 Å². The van der Waals surface area contributed by atoms with Gasteiger partial charge in [0.2, 0.25) is 5.91 Å². The molecule has 0 aliphatic carbocycles. The molecule has 0 aromatic carbocycles. The summed E-state index contributed by atoms with van der Waals surface area (Å²) in [6, 6.07) is 3.47. The second-order valence-electron chi connectivity index (χ2n) is 6.28. The number of guanidine groups is 1. The van der Waals surface area contributed by atoms with E-state index in [-0.39, 0.29) is 35.8 Å². The molecule has 3 N–H and O–H groups in total. The Bertz CT molecular complexity index is 618. The fraction of sp³-hybridized carbons (Fsp3) is 0.556. The number of nitrogens with one attached hydrogen (secondary N) is 3. The molecule has 8 nitrogen and oxygen atoms in total. The van der Waals surface area contributed by atoms with Gasteiger partial charge >= 0.3 is 0 Å². The number of piperidine rings is 1. The van der Waals surface area contributed by atoms with Gasteiger partial charge in [0.15, 0.2) is 5.96 Å². The highest BCUT2D eigenvalue weighted by molar-refractivity contribution is 14.0. The zero-order chi connectivity index (χ0) is 18.8. The summed E-state index contributed by atoms with van der Waals surface area (Å²) >= 11 is 0. The summed E-state index contributed by atoms with van der Waals surface area (Å²) in [7, 11) is 3.43. The molecule has 0 radical (unpaired) electrons. The maximum atomic E-state index is 12.0. The van der Waals surface area contributed by atoms with Gasteiger partial charge in [0.25, 0.3) is 5.91 Å². The molecular weight excluding hydrogens is 459 g/mol. The third kappa shape index (κ3) is 7.69. The minimum atomic E-state index is -0.134. The summed E-state index contributed by atoms with van der Waals surface area (Å²) in [4.78, 5) is 33.9. The van der Waals surface area contributed by atoms with Crippen LogP contribution in [0.3, 0.4) is 0 Å². The molecule has 0 atom stereocenters. The van der Waals surface area contributed by atoms with Gasteiger partial charge in [0.05, 0.1) is 5.56 Å². The summed E-state index contributed by atoms with van der Waals surface area (Å²) in [6.45, 7) is 2.85. The van der Waals surface area contributed by atoms with Crippen LogP contribution in [-0.4, -0.2) is 67.9 Å². The number of carbonyl (C=O) groups excluding carboxylic acids is 2. The third-order valence-corrected chi connectivity index (χ3v) is 4.50. The molecule has 1 aliphatic heterocycles. The van der Waals surface area contributed by atoms with Gasteiger partial charge in [-0.1, -0.05) is 0 Å². The van der Waals surface area contributed by atoms with Crippen molar-refractivity contribution in [2.75, 3.05) is 40.3 Å². The fourth-order valence-electron chi connectivity index (χ4n) is 2.99. The Balaban J connectivity index is 0.00000364. The van der Waals surface area contributed by atoms with Crippen molar-refractivity contribution >= 4 is 41.8 Å². The first-order valence-electron chi connectivity index (χ1n) is 8.98. The van der Waals surface area contributed by atoms with Crippen LogP contribution in [0, 0.1) is 5.92 Å². The molecule has 1 aromatic rings. The standard InChI is InChI=1S/C18H28N6O2.HI/c1-19-16(25)12-14-5-10-24(11-6-14)18(20-2)23-9-8-22-17(26)15-4-3-7-21-13-15;/h3-4,7,13-14H,5-6,8-12H2,1-2H3,(H,19,25)(H,20,23)(H,22,26);1H. The molecule has 9 heteroatoms. The lowest BCUT2D eigenvalue weighted by Crippen LogP contribution is -2.47. The summed E-state index contributed by atoms with van der Waals surface area (Å²) in [5, 5.41) is 8.82. The van der Waals surface area contributed by atoms with Crippen LogP contribution >= 0.6 is 24.0 Å². The van der Waals surface area contributed by atoms with Gasteiger partial charge < -0.3 is 20.9 Å². The Morgan fingerprint density at radius 2 is 1.96 bits per heavy atom. The van der Waals surface area contributed by atoms with E-state index >= 15 is 0 Å². The van der Waals surface area contributed by atoms with Gasteiger partial charge in [-0.25, -0.2) is 0 Å². The molecule has 1 saturated heterocycles. The smallest absolute Gasteiger partial charge is 0.252 e. The number of amides is 2. The number of aromatic nitrogens is 1. The lowest BCUT2D eigenvalue weighted by Gasteiger charge is -2.34. The quantitative estimate of drug-likeness (QED) is 0.239. The topological polar surface area (TPSA) is 98.7 Å². The van der Waals surface area contributed by atoms with Crippen molar-refractivity contribution in [2.45, 2.75) is 19.3 Å². The second kappa shape index (κ2) is 12.5. The molecule has 1 fully saturated rings. The van der Waals surface area contributed by atoms with Crippen molar-refractivity contribution in [1.29, 1.82) is 0 Å². The first kappa shape index (κ1) is 23.1. The minimum Gasteiger partial charge on any atom is -0.359 e. The maximum Gasteiger partial charge on any atom is 0.252 e. The Hall–Kier alpha value is -1.91. The summed E-state index contributed by atoms with van der Waals surface area (Å²) in [5.74, 6) is 1.24. The van der Waals surface area contributed by atoms with Crippen LogP contribution < -0.4 is 16.0 Å². The van der Waals surface area contributed by atoms with Crippen molar-refractivity contribution in [3.05, 3.63) is 30.1 Å². The first-order chi connectivity index (χ1) is 12.6. The monoisotopic (exact) mass is 488 g/mol. The molecule has 27 heavy (non-hydrogen) atoms. The number of likely N-dealkylation sites (tertiary alicyclic amines) is 1. The number of aliphatic imine (C=N–C) groups is 1. The van der Waals surface area contributed by atoms with E-state index in [0.29, 0.717) is 31.0 Å². The minimum absolute atomic E-state index is 0. The predicted molar refractivity (Wildman–Crippen MR) is 116 cm³/mol. The van der Waals surface area contributed by atoms with E-state index in [1.54, 1.807) is 38.6 Å². The molecule has 2 rings (SSSR count). The van der Waals surface area contributed by atoms with E-state index in [0.717, 1.165) is 31.9 Å². The number of rotatable bonds is 6. The average molecular weight is 488 g/mol. The van der Waals surface area contributed by atoms with E-state index in [2.05, 4.69) is 30.8 Å². The Kier molecular flexibility index (Phi) is 10.7. The van der Waals surface area contributed by atoms with E-state index in [1.165, 1.54) is 0 Å². The van der Waals surface area contributed by atoms with Crippen LogP contribution in [-0.2, 0) is 4.79 Å². The molecule has 1 aromatic heterocycles. The Labute approximate surface area is 177 Å². The number of halogens is 1. The molecular formula is C18H29IN6O2. The summed E-state index contributed by atoms with van der Waals surface area (Å²) in [6.07, 6.45) is 5.74. The second-order valence-corrected chi connectivity index (χ2v) is 6.28. The van der Waals surface area contributed by atoms with Gasteiger partial charge in [0.1, 0.15) is 0 Å². The van der Waals surface area contributed by atoms with E-state index < -0.39 is 0 Å². The lowest BCUT2D eigenvalue weighted by molar-refractivity contribution is -0.121. The van der Waals surface area contributed by atoms with Gasteiger partial charge in [-0.15, -0.1) is 24.0 Å². The number of hydrogen-bond acceptors (Lipinski definition) is 4. The van der Waals surface area contributed by atoms with Crippen LogP contribution in [0.2, 0.25) is 0 Å². The normalized spacial score (nSPS) is 14.9. The van der Waals surface area contributed by atoms with Crippen LogP contribution in [0.1, 0.15) is 29.6 Å². The number of carbonyl (C=O) groups is 2. The van der Waals surface area contributed by atoms with Gasteiger partial charge in [0, 0.05) is 59.1 Å². The molecule has 150 valence electrons. The van der Waals surface area contributed by atoms with Gasteiger partial charge in [-0.3, -0.25) is 19.6 Å². The molecule has 2 heterocycles. The summed E-state index contributed by atoms with van der Waals surface area (Å²) in [5.41, 5.74) is 0.551. The maximum absolute atomic E-state index is 12.0. The van der Waals surface area contributed by atoms with Crippen LogP contribution in [0.25, 0.3) is 0 Å². The number of nitrogens with zero attached hydrogens (tertiary/aromatic N) is 3. The first-order valence-corrected chi connectivity index (χ1v) is 8.98. The zero-order valence-corrected chi connectivity index (χ0v) is 18.2. The molecule has 0 saturated carbocycles. The SMILES string of the molecule is CN=C(NCCNC(=O)c1cccnc1)N1CCC(CC(=O)NC)CC1.I. The highest BCUT2D eigenvalue weighted by Gasteiger charge is 2.22. The molecule has 0 spiro atoms. The Morgan fingerprint density at radius 3 is 2.56 bits per heavy atom. The van der Waals surface area contributed by atoms with E-state index in [9.17, 15) is 9.59 Å². The van der Waals surface area contributed by atoms with Crippen molar-refractivity contribution in [3.8, 4) is 0 Å². The largest absolute Gasteiger partial charge is 0.359 e. The van der Waals surface area contributed by atoms with Crippen molar-refractivity contribution in [1.82, 2.24) is 25.8 Å². The van der Waals surface area contributed by atoms with Crippen molar-refractivity contribution in [2.24, 2.45) is 10.9 Å². The lowest BCUT2D eigenvalue weighted by atomic mass is 9.93. The highest BCUT2D eigenvalue weighted by atomic mass is 127. The summed E-state index contributed by atoms with van der Waals surface area (Å²) < 4.78 is 0. The van der Waals surface area contributed by atoms with E-state index in [1.807, 2.05) is 0 Å². The Morgan fingerprint density at radius 1 is 1.26 bits per heavy atom. The molecule has 0 unspecified atom stereocenters. The van der Waals surface area contributed by atoms with Gasteiger partial charge in [-0.05, 0) is 30.9 Å². The van der Waals surface area contributed by atoms with Crippen LogP contribution in [0.5, 0.6) is 0 Å². The van der Waals surface area contributed by atoms with Gasteiger partial charge in [-0.2, -0.15) is 0 Å². The molecule has 2 amide bonds. The van der Waals surface area contributed by atoms with E-state index in [4.69, 9.17) is 0 Å². The molecule has 1 aliphatic rings. The van der Waals surface area contributed by atoms with Crippen molar-refractivity contribution < 1.29 is 9.59 Å². The van der Waals surface area contributed by atoms with Crippen LogP contribution in [0.15, 0.2) is 29.5 Å². The zero-order valence-electron chi connectivity index (χ0n) is 15.9. The van der Waals surface area contributed by atoms with Crippen LogP contribution in [0.4, 0.5) is 0 Å². The number of pyridine rings is 1. The number of hydrogen-bond donors (Lipinski definition) is 3. The fourth-order valence-corrected chi connectivity index (χ4v) is 2.99.